The van der Waals surface area contributed by atoms with Crippen LogP contribution in [-0.4, -0.2) is 5.84 Å². The maximum absolute atomic E-state index is 8.19. The predicted molar refractivity (Wildman–Crippen MR) is 131 cm³/mol. The number of amidine groups is 1. The molecule has 2 aromatic carbocycles. The van der Waals surface area contributed by atoms with Gasteiger partial charge >= 0.3 is 0 Å². The summed E-state index contributed by atoms with van der Waals surface area (Å²) in [6.45, 7) is 3.07. The topological polar surface area (TPSA) is 47.9 Å². The molecule has 3 nitrogen and oxygen atoms in total. The van der Waals surface area contributed by atoms with Gasteiger partial charge in [0, 0.05) is 18.3 Å². The van der Waals surface area contributed by atoms with Gasteiger partial charge in [-0.1, -0.05) is 36.4 Å². The molecule has 0 saturated heterocycles. The van der Waals surface area contributed by atoms with Gasteiger partial charge in [-0.3, -0.25) is 5.41 Å². The van der Waals surface area contributed by atoms with Crippen molar-refractivity contribution >= 4 is 56.8 Å². The van der Waals surface area contributed by atoms with Crippen molar-refractivity contribution in [2.75, 3.05) is 5.32 Å². The minimum absolute atomic E-state index is 0. The van der Waals surface area contributed by atoms with Crippen LogP contribution in [0.1, 0.15) is 39.6 Å². The van der Waals surface area contributed by atoms with E-state index in [2.05, 4.69) is 60.0 Å². The Labute approximate surface area is 191 Å². The second kappa shape index (κ2) is 10.3. The van der Waals surface area contributed by atoms with Gasteiger partial charge in [0.2, 0.25) is 0 Å². The Morgan fingerprint density at radius 2 is 1.93 bits per heavy atom. The molecule has 1 aliphatic carbocycles. The molecule has 1 aliphatic rings. The van der Waals surface area contributed by atoms with Gasteiger partial charge in [0.25, 0.3) is 0 Å². The first-order valence-corrected chi connectivity index (χ1v) is 9.89. The van der Waals surface area contributed by atoms with Crippen molar-refractivity contribution in [3.8, 4) is 0 Å². The smallest absolute Gasteiger partial charge is 0.140 e. The van der Waals surface area contributed by atoms with Crippen LogP contribution in [0.25, 0.3) is 0 Å². The van der Waals surface area contributed by atoms with E-state index in [0.29, 0.717) is 11.9 Å². The van der Waals surface area contributed by atoms with Gasteiger partial charge in [-0.15, -0.1) is 45.3 Å². The lowest BCUT2D eigenvalue weighted by molar-refractivity contribution is 0.529. The standard InChI is InChI=1S/C22H23N3S.2BrH/c1-15-5-2-3-6-17(15)14-24-20-11-8-16-13-18(9-10-19(16)20)25-22(23)21-7-4-12-26-21;;/h2-7,9-10,12-13,20,24H,8,11,14H2,1H3,(H2,23,25);2*1H. The zero-order chi connectivity index (χ0) is 17.9. The summed E-state index contributed by atoms with van der Waals surface area (Å²) in [4.78, 5) is 0.961. The van der Waals surface area contributed by atoms with E-state index in [4.69, 9.17) is 5.41 Å². The monoisotopic (exact) mass is 521 g/mol. The summed E-state index contributed by atoms with van der Waals surface area (Å²) < 4.78 is 0. The molecule has 1 aromatic heterocycles. The number of fused-ring (bicyclic) bond motifs is 1. The number of aryl methyl sites for hydroxylation is 2. The fourth-order valence-electron chi connectivity index (χ4n) is 3.58. The van der Waals surface area contributed by atoms with Crippen molar-refractivity contribution in [3.63, 3.8) is 0 Å². The summed E-state index contributed by atoms with van der Waals surface area (Å²) in [5, 5.41) is 17.1. The third kappa shape index (κ3) is 5.11. The van der Waals surface area contributed by atoms with E-state index in [-0.39, 0.29) is 34.0 Å². The number of thiophene rings is 1. The first-order valence-electron chi connectivity index (χ1n) is 9.01. The molecule has 0 bridgehead atoms. The molecule has 6 heteroatoms. The lowest BCUT2D eigenvalue weighted by Gasteiger charge is -2.16. The molecule has 3 aromatic rings. The largest absolute Gasteiger partial charge is 0.340 e. The van der Waals surface area contributed by atoms with E-state index in [1.54, 1.807) is 11.3 Å². The van der Waals surface area contributed by atoms with E-state index < -0.39 is 0 Å². The van der Waals surface area contributed by atoms with Gasteiger partial charge in [0.1, 0.15) is 5.84 Å². The summed E-state index contributed by atoms with van der Waals surface area (Å²) in [6, 6.07) is 19.4. The van der Waals surface area contributed by atoms with Crippen LogP contribution in [0.3, 0.4) is 0 Å². The first-order chi connectivity index (χ1) is 12.7. The van der Waals surface area contributed by atoms with Gasteiger partial charge in [-0.05, 0) is 65.6 Å². The highest BCUT2D eigenvalue weighted by Crippen LogP contribution is 2.33. The highest BCUT2D eigenvalue weighted by atomic mass is 79.9. The lowest BCUT2D eigenvalue weighted by atomic mass is 10.1. The molecular weight excluding hydrogens is 498 g/mol. The summed E-state index contributed by atoms with van der Waals surface area (Å²) in [6.07, 6.45) is 2.22. The van der Waals surface area contributed by atoms with Crippen LogP contribution in [0, 0.1) is 12.3 Å². The van der Waals surface area contributed by atoms with Crippen LogP contribution >= 0.6 is 45.3 Å². The molecule has 0 radical (unpaired) electrons. The van der Waals surface area contributed by atoms with Crippen molar-refractivity contribution in [1.82, 2.24) is 5.32 Å². The Hall–Kier alpha value is -1.47. The minimum Gasteiger partial charge on any atom is -0.340 e. The number of rotatable bonds is 5. The second-order valence-corrected chi connectivity index (χ2v) is 7.74. The molecule has 0 saturated carbocycles. The molecular formula is C22H25Br2N3S. The fraction of sp³-hybridized carbons (Fsp3) is 0.227. The second-order valence-electron chi connectivity index (χ2n) is 6.79. The summed E-state index contributed by atoms with van der Waals surface area (Å²) in [5.41, 5.74) is 6.48. The van der Waals surface area contributed by atoms with Crippen molar-refractivity contribution < 1.29 is 0 Å². The van der Waals surface area contributed by atoms with Crippen molar-refractivity contribution in [2.24, 2.45) is 0 Å². The first kappa shape index (κ1) is 22.8. The summed E-state index contributed by atoms with van der Waals surface area (Å²) in [5.74, 6) is 0.465. The highest BCUT2D eigenvalue weighted by molar-refractivity contribution is 8.93. The molecule has 1 atom stereocenters. The fourth-order valence-corrected chi connectivity index (χ4v) is 4.21. The SMILES string of the molecule is Br.Br.Cc1ccccc1CNC1CCc2cc(NC(=N)c3cccs3)ccc21. The van der Waals surface area contributed by atoms with Crippen molar-refractivity contribution in [1.29, 1.82) is 5.41 Å². The van der Waals surface area contributed by atoms with Crippen LogP contribution in [0.15, 0.2) is 60.0 Å². The van der Waals surface area contributed by atoms with Crippen molar-refractivity contribution in [3.05, 3.63) is 87.1 Å². The molecule has 0 fully saturated rings. The van der Waals surface area contributed by atoms with Crippen LogP contribution < -0.4 is 10.6 Å². The lowest BCUT2D eigenvalue weighted by Crippen LogP contribution is -2.19. The van der Waals surface area contributed by atoms with Crippen molar-refractivity contribution in [2.45, 2.75) is 32.4 Å². The molecule has 1 heterocycles. The number of anilines is 1. The van der Waals surface area contributed by atoms with Crippen LogP contribution in [0.4, 0.5) is 5.69 Å². The number of nitrogens with one attached hydrogen (secondary N) is 3. The van der Waals surface area contributed by atoms with Gasteiger partial charge < -0.3 is 10.6 Å². The van der Waals surface area contributed by atoms with Crippen LogP contribution in [-0.2, 0) is 13.0 Å². The number of hydrogen-bond donors (Lipinski definition) is 3. The maximum Gasteiger partial charge on any atom is 0.140 e. The van der Waals surface area contributed by atoms with E-state index in [1.165, 1.54) is 22.3 Å². The van der Waals surface area contributed by atoms with Crippen LogP contribution in [0.5, 0.6) is 0 Å². The zero-order valence-corrected chi connectivity index (χ0v) is 19.9. The average Bonchev–Trinajstić information content (AvgIpc) is 3.31. The van der Waals surface area contributed by atoms with E-state index in [1.807, 2.05) is 17.5 Å². The molecule has 1 unspecified atom stereocenters. The van der Waals surface area contributed by atoms with E-state index in [0.717, 1.165) is 30.0 Å². The quantitative estimate of drug-likeness (QED) is 0.267. The third-order valence-electron chi connectivity index (χ3n) is 5.06. The number of benzene rings is 2. The van der Waals surface area contributed by atoms with Crippen LogP contribution in [0.2, 0.25) is 0 Å². The Bertz CT molecular complexity index is 925. The normalized spacial score (nSPS) is 14.5. The Morgan fingerprint density at radius 3 is 2.68 bits per heavy atom. The average molecular weight is 523 g/mol. The van der Waals surface area contributed by atoms with Gasteiger partial charge in [0.15, 0.2) is 0 Å². The van der Waals surface area contributed by atoms with Gasteiger partial charge in [0.05, 0.1) is 4.88 Å². The molecule has 148 valence electrons. The van der Waals surface area contributed by atoms with E-state index in [9.17, 15) is 0 Å². The maximum atomic E-state index is 8.19. The molecule has 4 rings (SSSR count). The Kier molecular flexibility index (Phi) is 8.43. The molecule has 28 heavy (non-hydrogen) atoms. The highest BCUT2D eigenvalue weighted by Gasteiger charge is 2.22. The third-order valence-corrected chi connectivity index (χ3v) is 5.95. The van der Waals surface area contributed by atoms with Gasteiger partial charge in [-0.2, -0.15) is 0 Å². The predicted octanol–water partition coefficient (Wildman–Crippen LogP) is 6.43. The number of halogens is 2. The molecule has 0 amide bonds. The molecule has 0 spiro atoms. The Morgan fingerprint density at radius 1 is 1.11 bits per heavy atom. The Balaban J connectivity index is 0.00000140. The number of hydrogen-bond acceptors (Lipinski definition) is 3. The zero-order valence-electron chi connectivity index (χ0n) is 15.7. The van der Waals surface area contributed by atoms with E-state index >= 15 is 0 Å². The summed E-state index contributed by atoms with van der Waals surface area (Å²) >= 11 is 1.58. The summed E-state index contributed by atoms with van der Waals surface area (Å²) in [7, 11) is 0. The molecule has 3 N–H and O–H groups in total. The minimum atomic E-state index is 0. The molecule has 0 aliphatic heterocycles. The van der Waals surface area contributed by atoms with Gasteiger partial charge in [-0.25, -0.2) is 0 Å².